The number of benzene rings is 2. The summed E-state index contributed by atoms with van der Waals surface area (Å²) >= 11 is 3.45. The summed E-state index contributed by atoms with van der Waals surface area (Å²) < 4.78 is 7.18. The number of hydrogen-bond acceptors (Lipinski definition) is 6. The predicted octanol–water partition coefficient (Wildman–Crippen LogP) is 6.57. The van der Waals surface area contributed by atoms with Gasteiger partial charge in [-0.3, -0.25) is 19.7 Å². The molecule has 1 aliphatic carbocycles. The molecule has 2 saturated heterocycles. The largest absolute Gasteiger partial charge is 0.507 e. The number of halogens is 1. The molecule has 0 aromatic heterocycles. The van der Waals surface area contributed by atoms with Gasteiger partial charge in [0.25, 0.3) is 5.69 Å². The highest BCUT2D eigenvalue weighted by Crippen LogP contribution is 2.51. The molecule has 5 rings (SSSR count). The van der Waals surface area contributed by atoms with Crippen LogP contribution in [0.3, 0.4) is 0 Å². The van der Waals surface area contributed by atoms with Crippen LogP contribution in [0.25, 0.3) is 6.08 Å². The van der Waals surface area contributed by atoms with Crippen molar-refractivity contribution in [2.75, 3.05) is 11.5 Å². The number of carbonyl (C=O) groups excluding carboxylic acids is 2. The number of allylic oxidation sites excluding steroid dienone is 2. The Labute approximate surface area is 235 Å². The maximum atomic E-state index is 13.7. The number of nitro benzene ring substituents is 1. The molecule has 204 valence electrons. The summed E-state index contributed by atoms with van der Waals surface area (Å²) in [6.07, 6.45) is 5.62. The number of aromatic hydroxyl groups is 1. The average Bonchev–Trinajstić information content (AvgIpc) is 3.44. The van der Waals surface area contributed by atoms with Gasteiger partial charge in [0.15, 0.2) is 0 Å². The molecule has 2 heterocycles. The number of rotatable bonds is 8. The molecule has 0 spiro atoms. The number of phenolic OH excluding ortho intramolecular Hbond substituents is 1. The van der Waals surface area contributed by atoms with E-state index in [2.05, 4.69) is 22.9 Å². The molecular formula is C30H31BrN2O6. The van der Waals surface area contributed by atoms with Gasteiger partial charge in [-0.05, 0) is 62.4 Å². The molecule has 0 unspecified atom stereocenters. The molecule has 9 heteroatoms. The summed E-state index contributed by atoms with van der Waals surface area (Å²) in [6.45, 7) is 4.51. The van der Waals surface area contributed by atoms with Crippen LogP contribution in [-0.4, -0.2) is 34.6 Å². The molecule has 0 radical (unpaired) electrons. The second-order valence-electron chi connectivity index (χ2n) is 10.6. The maximum Gasteiger partial charge on any atom is 0.271 e. The first-order valence-electron chi connectivity index (χ1n) is 13.3. The molecule has 2 fully saturated rings. The number of hydrogen-bond donors (Lipinski definition) is 1. The SMILES string of the molecule is CCCC1=C2[C@@H](CC/C(C)=C/c3cc(Br)ccc3O)OC[C@@H]2[C@@H]2C(=O)N(c3cccc([N+](=O)[O-])c3)C(=O)[C@@H]2C1. The third-order valence-corrected chi connectivity index (χ3v) is 8.54. The monoisotopic (exact) mass is 594 g/mol. The van der Waals surface area contributed by atoms with E-state index in [4.69, 9.17) is 4.74 Å². The highest BCUT2D eigenvalue weighted by Gasteiger charge is 2.57. The number of carbonyl (C=O) groups is 2. The Hall–Kier alpha value is -3.30. The highest BCUT2D eigenvalue weighted by molar-refractivity contribution is 9.10. The molecule has 39 heavy (non-hydrogen) atoms. The first-order valence-corrected chi connectivity index (χ1v) is 14.1. The van der Waals surface area contributed by atoms with Crippen LogP contribution in [0.2, 0.25) is 0 Å². The van der Waals surface area contributed by atoms with E-state index in [1.807, 2.05) is 19.1 Å². The van der Waals surface area contributed by atoms with Crippen LogP contribution in [-0.2, 0) is 14.3 Å². The van der Waals surface area contributed by atoms with Crippen molar-refractivity contribution in [2.24, 2.45) is 17.8 Å². The van der Waals surface area contributed by atoms with Crippen molar-refractivity contribution >= 4 is 45.2 Å². The van der Waals surface area contributed by atoms with E-state index in [1.165, 1.54) is 29.3 Å². The Kier molecular flexibility index (Phi) is 7.73. The molecule has 8 nitrogen and oxygen atoms in total. The lowest BCUT2D eigenvalue weighted by Gasteiger charge is -2.31. The second kappa shape index (κ2) is 11.1. The number of nitrogens with zero attached hydrogens (tertiary/aromatic N) is 2. The smallest absolute Gasteiger partial charge is 0.271 e. The zero-order valence-electron chi connectivity index (χ0n) is 21.9. The zero-order chi connectivity index (χ0) is 27.8. The van der Waals surface area contributed by atoms with Crippen LogP contribution < -0.4 is 4.90 Å². The molecule has 3 aliphatic rings. The maximum absolute atomic E-state index is 13.7. The van der Waals surface area contributed by atoms with Crippen LogP contribution >= 0.6 is 15.9 Å². The lowest BCUT2D eigenvalue weighted by atomic mass is 9.68. The standard InChI is InChI=1S/C30H31BrN2O6/c1-3-5-18-14-23-28(30(36)32(29(23)35)21-6-4-7-22(15-21)33(37)38)24-16-39-26(27(18)24)11-8-17(2)12-19-13-20(31)9-10-25(19)34/h4,6-7,9-10,12-13,15,23-24,26,28,34H,3,5,8,11,14,16H2,1-2H3/b17-12+/t23-,24+,26-,28-/m1/s1. The number of nitro groups is 1. The second-order valence-corrected chi connectivity index (χ2v) is 11.5. The van der Waals surface area contributed by atoms with Gasteiger partial charge in [0.2, 0.25) is 11.8 Å². The Balaban J connectivity index is 1.38. The number of phenols is 1. The van der Waals surface area contributed by atoms with E-state index in [9.17, 15) is 24.8 Å². The number of imide groups is 1. The quantitative estimate of drug-likeness (QED) is 0.160. The molecule has 2 aromatic carbocycles. The fraction of sp³-hybridized carbons (Fsp3) is 0.400. The molecule has 2 amide bonds. The molecular weight excluding hydrogens is 564 g/mol. The van der Waals surface area contributed by atoms with Gasteiger partial charge >= 0.3 is 0 Å². The van der Waals surface area contributed by atoms with Crippen LogP contribution in [0, 0.1) is 27.9 Å². The number of amides is 2. The van der Waals surface area contributed by atoms with Gasteiger partial charge in [0, 0.05) is 28.1 Å². The molecule has 2 aromatic rings. The lowest BCUT2D eigenvalue weighted by molar-refractivity contribution is -0.384. The summed E-state index contributed by atoms with van der Waals surface area (Å²) in [5.74, 6) is -1.53. The Morgan fingerprint density at radius 1 is 1.21 bits per heavy atom. The van der Waals surface area contributed by atoms with Gasteiger partial charge < -0.3 is 9.84 Å². The number of non-ortho nitro benzene ring substituents is 1. The number of fused-ring (bicyclic) bond motifs is 3. The Morgan fingerprint density at radius 2 is 2.00 bits per heavy atom. The van der Waals surface area contributed by atoms with E-state index in [-0.39, 0.29) is 41.0 Å². The summed E-state index contributed by atoms with van der Waals surface area (Å²) in [7, 11) is 0. The minimum atomic E-state index is -0.523. The van der Waals surface area contributed by atoms with E-state index < -0.39 is 16.8 Å². The molecule has 2 aliphatic heterocycles. The summed E-state index contributed by atoms with van der Waals surface area (Å²) in [5, 5.41) is 21.5. The van der Waals surface area contributed by atoms with Gasteiger partial charge in [-0.25, -0.2) is 4.90 Å². The van der Waals surface area contributed by atoms with Crippen LogP contribution in [0.1, 0.15) is 51.5 Å². The molecule has 0 saturated carbocycles. The van der Waals surface area contributed by atoms with Gasteiger partial charge in [-0.2, -0.15) is 0 Å². The minimum absolute atomic E-state index is 0.133. The minimum Gasteiger partial charge on any atom is -0.507 e. The third kappa shape index (κ3) is 5.17. The summed E-state index contributed by atoms with van der Waals surface area (Å²) in [6, 6.07) is 11.0. The molecule has 4 atom stereocenters. The normalized spacial score (nSPS) is 24.8. The van der Waals surface area contributed by atoms with Crippen molar-refractivity contribution in [1.82, 2.24) is 0 Å². The van der Waals surface area contributed by atoms with Crippen molar-refractivity contribution < 1.29 is 24.4 Å². The molecule has 0 bridgehead atoms. The van der Waals surface area contributed by atoms with Crippen LogP contribution in [0.4, 0.5) is 11.4 Å². The summed E-state index contributed by atoms with van der Waals surface area (Å²) in [4.78, 5) is 39.2. The lowest BCUT2D eigenvalue weighted by Crippen LogP contribution is -2.34. The topological polar surface area (TPSA) is 110 Å². The highest BCUT2D eigenvalue weighted by atomic mass is 79.9. The fourth-order valence-corrected chi connectivity index (χ4v) is 6.73. The summed E-state index contributed by atoms with van der Waals surface area (Å²) in [5.41, 5.74) is 4.31. The van der Waals surface area contributed by atoms with Gasteiger partial charge in [0.05, 0.1) is 35.2 Å². The van der Waals surface area contributed by atoms with Gasteiger partial charge in [0.1, 0.15) is 5.75 Å². The Bertz CT molecular complexity index is 1400. The van der Waals surface area contributed by atoms with Gasteiger partial charge in [-0.1, -0.05) is 52.6 Å². The first-order chi connectivity index (χ1) is 18.7. The van der Waals surface area contributed by atoms with E-state index >= 15 is 0 Å². The van der Waals surface area contributed by atoms with Crippen LogP contribution in [0.15, 0.2) is 63.7 Å². The first kappa shape index (κ1) is 27.3. The van der Waals surface area contributed by atoms with E-state index in [0.717, 1.165) is 46.2 Å². The van der Waals surface area contributed by atoms with Crippen LogP contribution in [0.5, 0.6) is 5.75 Å². The van der Waals surface area contributed by atoms with E-state index in [1.54, 1.807) is 18.2 Å². The van der Waals surface area contributed by atoms with Crippen molar-refractivity contribution in [3.05, 3.63) is 79.3 Å². The number of anilines is 1. The van der Waals surface area contributed by atoms with Crippen molar-refractivity contribution in [3.63, 3.8) is 0 Å². The van der Waals surface area contributed by atoms with Crippen molar-refractivity contribution in [1.29, 1.82) is 0 Å². The van der Waals surface area contributed by atoms with E-state index in [0.29, 0.717) is 13.0 Å². The molecule has 1 N–H and O–H groups in total. The van der Waals surface area contributed by atoms with Gasteiger partial charge in [-0.15, -0.1) is 0 Å². The van der Waals surface area contributed by atoms with Crippen molar-refractivity contribution in [3.8, 4) is 5.75 Å². The zero-order valence-corrected chi connectivity index (χ0v) is 23.5. The fourth-order valence-electron chi connectivity index (χ4n) is 6.35. The predicted molar refractivity (Wildman–Crippen MR) is 151 cm³/mol. The third-order valence-electron chi connectivity index (χ3n) is 8.05. The average molecular weight is 595 g/mol. The van der Waals surface area contributed by atoms with Crippen molar-refractivity contribution in [2.45, 2.75) is 52.1 Å². The Morgan fingerprint density at radius 3 is 2.74 bits per heavy atom. The number of ether oxygens (including phenoxy) is 1.